The fourth-order valence-electron chi connectivity index (χ4n) is 3.49. The third kappa shape index (κ3) is 3.43. The van der Waals surface area contributed by atoms with Crippen LogP contribution in [0.2, 0.25) is 0 Å². The van der Waals surface area contributed by atoms with Gasteiger partial charge in [-0.05, 0) is 68.3 Å². The highest BCUT2D eigenvalue weighted by Crippen LogP contribution is 2.21. The lowest BCUT2D eigenvalue weighted by Crippen LogP contribution is -2.22. The number of rotatable bonds is 3. The van der Waals surface area contributed by atoms with Crippen LogP contribution in [-0.2, 0) is 0 Å². The second kappa shape index (κ2) is 7.36. The van der Waals surface area contributed by atoms with Crippen molar-refractivity contribution in [3.8, 4) is 5.69 Å². The van der Waals surface area contributed by atoms with E-state index in [-0.39, 0.29) is 11.5 Å². The van der Waals surface area contributed by atoms with Crippen molar-refractivity contribution in [1.29, 1.82) is 0 Å². The minimum absolute atomic E-state index is 0.107. The van der Waals surface area contributed by atoms with Gasteiger partial charge in [0.1, 0.15) is 5.82 Å². The van der Waals surface area contributed by atoms with Crippen molar-refractivity contribution < 1.29 is 4.79 Å². The number of amides is 1. The Morgan fingerprint density at radius 1 is 0.897 bits per heavy atom. The van der Waals surface area contributed by atoms with E-state index in [1.165, 1.54) is 0 Å². The summed E-state index contributed by atoms with van der Waals surface area (Å²) in [7, 11) is 0. The molecular weight excluding hydrogens is 362 g/mol. The van der Waals surface area contributed by atoms with E-state index in [1.807, 2.05) is 75.4 Å². The number of benzene rings is 3. The Labute approximate surface area is 168 Å². The third-order valence-corrected chi connectivity index (χ3v) is 5.05. The lowest BCUT2D eigenvalue weighted by atomic mass is 10.1. The molecule has 0 aliphatic heterocycles. The van der Waals surface area contributed by atoms with Crippen molar-refractivity contribution in [2.45, 2.75) is 20.8 Å². The van der Waals surface area contributed by atoms with Gasteiger partial charge in [0.05, 0.1) is 16.6 Å². The van der Waals surface area contributed by atoms with Crippen molar-refractivity contribution in [3.63, 3.8) is 0 Å². The lowest BCUT2D eigenvalue weighted by molar-refractivity contribution is 0.102. The van der Waals surface area contributed by atoms with Gasteiger partial charge in [0.15, 0.2) is 0 Å². The molecule has 1 aromatic heterocycles. The Morgan fingerprint density at radius 2 is 1.62 bits per heavy atom. The Bertz CT molecular complexity index is 1310. The molecule has 4 aromatic rings. The molecule has 1 amide bonds. The fourth-order valence-corrected chi connectivity index (χ4v) is 3.49. The van der Waals surface area contributed by atoms with Gasteiger partial charge in [-0.3, -0.25) is 14.2 Å². The minimum atomic E-state index is -0.153. The fraction of sp³-hybridized carbons (Fsp3) is 0.125. The number of nitrogens with one attached hydrogen (secondary N) is 1. The topological polar surface area (TPSA) is 64.0 Å². The monoisotopic (exact) mass is 383 g/mol. The summed E-state index contributed by atoms with van der Waals surface area (Å²) in [5, 5.41) is 3.54. The molecule has 0 unspecified atom stereocenters. The second-order valence-corrected chi connectivity index (χ2v) is 7.08. The first-order valence-electron chi connectivity index (χ1n) is 9.42. The molecule has 29 heavy (non-hydrogen) atoms. The molecule has 144 valence electrons. The standard InChI is InChI=1S/C24H21N3O2/c1-15-8-4-5-9-19(15)23(28)26-21-13-12-18(14-16(21)2)27-17(3)25-22-11-7-6-10-20(22)24(27)29/h4-14H,1-3H3,(H,26,28). The predicted molar refractivity (Wildman–Crippen MR) is 116 cm³/mol. The molecule has 1 N–H and O–H groups in total. The SMILES string of the molecule is Cc1cc(-n2c(C)nc3ccccc3c2=O)ccc1NC(=O)c1ccccc1C. The molecule has 0 atom stereocenters. The Kier molecular flexibility index (Phi) is 4.72. The summed E-state index contributed by atoms with van der Waals surface area (Å²) in [6.45, 7) is 5.63. The molecular formula is C24H21N3O2. The number of carbonyl (C=O) groups excluding carboxylic acids is 1. The van der Waals surface area contributed by atoms with Gasteiger partial charge in [-0.1, -0.05) is 30.3 Å². The van der Waals surface area contributed by atoms with Crippen molar-refractivity contribution in [2.75, 3.05) is 5.32 Å². The van der Waals surface area contributed by atoms with Crippen LogP contribution in [0.3, 0.4) is 0 Å². The molecule has 1 heterocycles. The molecule has 0 aliphatic carbocycles. The first-order chi connectivity index (χ1) is 14.0. The first kappa shape index (κ1) is 18.6. The summed E-state index contributed by atoms with van der Waals surface area (Å²) >= 11 is 0. The van der Waals surface area contributed by atoms with Gasteiger partial charge in [0.25, 0.3) is 11.5 Å². The van der Waals surface area contributed by atoms with Crippen LogP contribution in [0, 0.1) is 20.8 Å². The number of aromatic nitrogens is 2. The summed E-state index contributed by atoms with van der Waals surface area (Å²) in [4.78, 5) is 30.2. The van der Waals surface area contributed by atoms with Crippen LogP contribution in [0.1, 0.15) is 27.3 Å². The molecule has 5 nitrogen and oxygen atoms in total. The van der Waals surface area contributed by atoms with E-state index in [0.717, 1.165) is 16.8 Å². The summed E-state index contributed by atoms with van der Waals surface area (Å²) in [5.41, 5.74) is 4.43. The van der Waals surface area contributed by atoms with Crippen LogP contribution in [0.25, 0.3) is 16.6 Å². The molecule has 0 bridgehead atoms. The van der Waals surface area contributed by atoms with Crippen molar-refractivity contribution in [3.05, 3.63) is 99.6 Å². The number of hydrogen-bond donors (Lipinski definition) is 1. The normalized spacial score (nSPS) is 10.9. The van der Waals surface area contributed by atoms with Gasteiger partial charge in [-0.2, -0.15) is 0 Å². The van der Waals surface area contributed by atoms with Gasteiger partial charge < -0.3 is 5.32 Å². The van der Waals surface area contributed by atoms with Crippen molar-refractivity contribution >= 4 is 22.5 Å². The second-order valence-electron chi connectivity index (χ2n) is 7.08. The highest BCUT2D eigenvalue weighted by atomic mass is 16.1. The smallest absolute Gasteiger partial charge is 0.265 e. The van der Waals surface area contributed by atoms with E-state index in [9.17, 15) is 9.59 Å². The molecule has 5 heteroatoms. The van der Waals surface area contributed by atoms with E-state index < -0.39 is 0 Å². The van der Waals surface area contributed by atoms with Crippen LogP contribution in [0.4, 0.5) is 5.69 Å². The Hall–Kier alpha value is -3.73. The number of para-hydroxylation sites is 1. The summed E-state index contributed by atoms with van der Waals surface area (Å²) in [5.74, 6) is 0.462. The van der Waals surface area contributed by atoms with E-state index in [0.29, 0.717) is 28.0 Å². The van der Waals surface area contributed by atoms with Crippen LogP contribution >= 0.6 is 0 Å². The first-order valence-corrected chi connectivity index (χ1v) is 9.42. The zero-order valence-electron chi connectivity index (χ0n) is 16.6. The number of carbonyl (C=O) groups is 1. The predicted octanol–water partition coefficient (Wildman–Crippen LogP) is 4.56. The van der Waals surface area contributed by atoms with Crippen molar-refractivity contribution in [1.82, 2.24) is 9.55 Å². The van der Waals surface area contributed by atoms with E-state index in [4.69, 9.17) is 0 Å². The molecule has 0 aliphatic rings. The van der Waals surface area contributed by atoms with Crippen LogP contribution in [-0.4, -0.2) is 15.5 Å². The van der Waals surface area contributed by atoms with Gasteiger partial charge in [-0.15, -0.1) is 0 Å². The average Bonchev–Trinajstić information content (AvgIpc) is 2.70. The summed E-state index contributed by atoms with van der Waals surface area (Å²) in [6.07, 6.45) is 0. The zero-order valence-corrected chi connectivity index (χ0v) is 16.6. The third-order valence-electron chi connectivity index (χ3n) is 5.05. The maximum Gasteiger partial charge on any atom is 0.265 e. The maximum atomic E-state index is 13.0. The lowest BCUT2D eigenvalue weighted by Gasteiger charge is -2.14. The average molecular weight is 383 g/mol. The molecule has 3 aromatic carbocycles. The van der Waals surface area contributed by atoms with Gasteiger partial charge in [-0.25, -0.2) is 4.98 Å². The van der Waals surface area contributed by atoms with Gasteiger partial charge in [0.2, 0.25) is 0 Å². The minimum Gasteiger partial charge on any atom is -0.322 e. The van der Waals surface area contributed by atoms with Gasteiger partial charge in [0, 0.05) is 11.3 Å². The zero-order chi connectivity index (χ0) is 20.5. The number of hydrogen-bond acceptors (Lipinski definition) is 3. The molecule has 0 saturated heterocycles. The number of fused-ring (bicyclic) bond motifs is 1. The van der Waals surface area contributed by atoms with Crippen LogP contribution in [0.15, 0.2) is 71.5 Å². The van der Waals surface area contributed by atoms with E-state index in [1.54, 1.807) is 16.7 Å². The highest BCUT2D eigenvalue weighted by Gasteiger charge is 2.13. The number of nitrogens with zero attached hydrogens (tertiary/aromatic N) is 2. The quantitative estimate of drug-likeness (QED) is 0.564. The molecule has 0 spiro atoms. The Balaban J connectivity index is 1.71. The molecule has 0 fully saturated rings. The maximum absolute atomic E-state index is 13.0. The van der Waals surface area contributed by atoms with Gasteiger partial charge >= 0.3 is 0 Å². The van der Waals surface area contributed by atoms with E-state index in [2.05, 4.69) is 10.3 Å². The van der Waals surface area contributed by atoms with Crippen LogP contribution < -0.4 is 10.9 Å². The highest BCUT2D eigenvalue weighted by molar-refractivity contribution is 6.05. The summed E-state index contributed by atoms with van der Waals surface area (Å²) in [6, 6.07) is 20.3. The molecule has 4 rings (SSSR count). The van der Waals surface area contributed by atoms with Crippen molar-refractivity contribution in [2.24, 2.45) is 0 Å². The molecule has 0 radical (unpaired) electrons. The number of anilines is 1. The van der Waals surface area contributed by atoms with Crippen LogP contribution in [0.5, 0.6) is 0 Å². The number of aryl methyl sites for hydroxylation is 3. The Morgan fingerprint density at radius 3 is 2.38 bits per heavy atom. The largest absolute Gasteiger partial charge is 0.322 e. The summed E-state index contributed by atoms with van der Waals surface area (Å²) < 4.78 is 1.60. The van der Waals surface area contributed by atoms with E-state index >= 15 is 0 Å². The molecule has 0 saturated carbocycles.